The fraction of sp³-hybridized carbons (Fsp3) is 0.333. The molecule has 2 rings (SSSR count). The van der Waals surface area contributed by atoms with Crippen molar-refractivity contribution in [3.8, 4) is 0 Å². The highest BCUT2D eigenvalue weighted by Crippen LogP contribution is 2.33. The Morgan fingerprint density at radius 1 is 1.36 bits per heavy atom. The van der Waals surface area contributed by atoms with Crippen molar-refractivity contribution in [2.45, 2.75) is 5.60 Å². The lowest BCUT2D eigenvalue weighted by Crippen LogP contribution is -2.57. The molecular formula is C9H8BrF2NO. The normalized spacial score (nSPS) is 19.1. The first-order chi connectivity index (χ1) is 6.54. The van der Waals surface area contributed by atoms with Gasteiger partial charge in [-0.15, -0.1) is 0 Å². The Balaban J connectivity index is 2.56. The first kappa shape index (κ1) is 10.0. The molecule has 76 valence electrons. The van der Waals surface area contributed by atoms with Crippen LogP contribution in [0.15, 0.2) is 16.6 Å². The standard InChI is InChI=1S/C9H8BrF2NO/c10-5-1-2-6(11)7(8(5)12)9(14)3-13-4-9/h1-2,13-14H,3-4H2. The Morgan fingerprint density at radius 2 is 2.00 bits per heavy atom. The minimum atomic E-state index is -1.40. The van der Waals surface area contributed by atoms with Gasteiger partial charge in [0, 0.05) is 13.1 Å². The van der Waals surface area contributed by atoms with Crippen LogP contribution < -0.4 is 5.32 Å². The molecule has 1 aliphatic heterocycles. The van der Waals surface area contributed by atoms with Gasteiger partial charge >= 0.3 is 0 Å². The number of benzene rings is 1. The number of rotatable bonds is 1. The summed E-state index contributed by atoms with van der Waals surface area (Å²) in [6.45, 7) is 0.356. The van der Waals surface area contributed by atoms with Crippen LogP contribution in [0.25, 0.3) is 0 Å². The van der Waals surface area contributed by atoms with E-state index in [1.807, 2.05) is 0 Å². The highest BCUT2D eigenvalue weighted by atomic mass is 79.9. The van der Waals surface area contributed by atoms with Gasteiger partial charge in [0.15, 0.2) is 0 Å². The van der Waals surface area contributed by atoms with Crippen LogP contribution in [0.1, 0.15) is 5.56 Å². The molecule has 0 atom stereocenters. The van der Waals surface area contributed by atoms with Crippen molar-refractivity contribution in [2.24, 2.45) is 0 Å². The summed E-state index contributed by atoms with van der Waals surface area (Å²) in [4.78, 5) is 0. The second-order valence-electron chi connectivity index (χ2n) is 3.35. The quantitative estimate of drug-likeness (QED) is 0.754. The smallest absolute Gasteiger partial charge is 0.146 e. The summed E-state index contributed by atoms with van der Waals surface area (Å²) >= 11 is 2.95. The van der Waals surface area contributed by atoms with Gasteiger partial charge < -0.3 is 10.4 Å². The monoisotopic (exact) mass is 263 g/mol. The zero-order valence-electron chi connectivity index (χ0n) is 7.15. The predicted octanol–water partition coefficient (Wildman–Crippen LogP) is 1.52. The number of hydrogen-bond acceptors (Lipinski definition) is 2. The third kappa shape index (κ3) is 1.36. The van der Waals surface area contributed by atoms with Crippen LogP contribution in [0, 0.1) is 11.6 Å². The molecule has 1 saturated heterocycles. The van der Waals surface area contributed by atoms with Gasteiger partial charge in [-0.3, -0.25) is 0 Å². The van der Waals surface area contributed by atoms with Gasteiger partial charge in [0.2, 0.25) is 0 Å². The summed E-state index contributed by atoms with van der Waals surface area (Å²) in [7, 11) is 0. The van der Waals surface area contributed by atoms with Gasteiger partial charge in [0.1, 0.15) is 17.2 Å². The summed E-state index contributed by atoms with van der Waals surface area (Å²) in [6, 6.07) is 2.42. The highest BCUT2D eigenvalue weighted by molar-refractivity contribution is 9.10. The lowest BCUT2D eigenvalue weighted by Gasteiger charge is -2.38. The molecule has 0 saturated carbocycles. The first-order valence-corrected chi connectivity index (χ1v) is 4.91. The van der Waals surface area contributed by atoms with Gasteiger partial charge in [0.25, 0.3) is 0 Å². The molecule has 1 aliphatic rings. The molecule has 0 spiro atoms. The van der Waals surface area contributed by atoms with E-state index >= 15 is 0 Å². The second kappa shape index (κ2) is 3.25. The average molecular weight is 264 g/mol. The Hall–Kier alpha value is -0.520. The van der Waals surface area contributed by atoms with Crippen LogP contribution in [-0.4, -0.2) is 18.2 Å². The van der Waals surface area contributed by atoms with Crippen molar-refractivity contribution in [1.29, 1.82) is 0 Å². The third-order valence-corrected chi connectivity index (χ3v) is 2.96. The number of halogens is 3. The molecule has 5 heteroatoms. The molecule has 0 aromatic heterocycles. The number of hydrogen-bond donors (Lipinski definition) is 2. The first-order valence-electron chi connectivity index (χ1n) is 4.12. The Morgan fingerprint density at radius 3 is 2.50 bits per heavy atom. The molecule has 2 N–H and O–H groups in total. The van der Waals surface area contributed by atoms with Crippen LogP contribution in [0.2, 0.25) is 0 Å². The molecule has 1 fully saturated rings. The van der Waals surface area contributed by atoms with E-state index in [9.17, 15) is 13.9 Å². The van der Waals surface area contributed by atoms with E-state index in [-0.39, 0.29) is 23.1 Å². The largest absolute Gasteiger partial charge is 0.382 e. The van der Waals surface area contributed by atoms with E-state index < -0.39 is 17.2 Å². The lowest BCUT2D eigenvalue weighted by atomic mass is 9.87. The van der Waals surface area contributed by atoms with Crippen LogP contribution in [0.4, 0.5) is 8.78 Å². The highest BCUT2D eigenvalue weighted by Gasteiger charge is 2.41. The predicted molar refractivity (Wildman–Crippen MR) is 50.8 cm³/mol. The number of aliphatic hydroxyl groups is 1. The molecule has 0 bridgehead atoms. The molecule has 1 aromatic carbocycles. The second-order valence-corrected chi connectivity index (χ2v) is 4.21. The van der Waals surface area contributed by atoms with Crippen LogP contribution >= 0.6 is 15.9 Å². The van der Waals surface area contributed by atoms with Crippen molar-refractivity contribution < 1.29 is 13.9 Å². The van der Waals surface area contributed by atoms with Gasteiger partial charge in [-0.25, -0.2) is 8.78 Å². The van der Waals surface area contributed by atoms with Crippen molar-refractivity contribution in [2.75, 3.05) is 13.1 Å². The van der Waals surface area contributed by atoms with Crippen LogP contribution in [0.5, 0.6) is 0 Å². The Kier molecular flexibility index (Phi) is 2.33. The molecule has 0 aliphatic carbocycles. The van der Waals surface area contributed by atoms with E-state index in [0.717, 1.165) is 6.07 Å². The molecule has 1 aromatic rings. The van der Waals surface area contributed by atoms with E-state index in [0.29, 0.717) is 0 Å². The van der Waals surface area contributed by atoms with Crippen LogP contribution in [-0.2, 0) is 5.60 Å². The van der Waals surface area contributed by atoms with E-state index in [1.54, 1.807) is 0 Å². The summed E-state index contributed by atoms with van der Waals surface area (Å²) in [5.74, 6) is -1.44. The average Bonchev–Trinajstić information content (AvgIpc) is 2.09. The summed E-state index contributed by atoms with van der Waals surface area (Å²) in [6.07, 6.45) is 0. The van der Waals surface area contributed by atoms with Crippen molar-refractivity contribution in [3.63, 3.8) is 0 Å². The number of β-amino-alcohol motifs (C(OH)–C–C–N with tert-alkyl or cyclic N) is 1. The summed E-state index contributed by atoms with van der Waals surface area (Å²) < 4.78 is 27.0. The van der Waals surface area contributed by atoms with E-state index in [4.69, 9.17) is 0 Å². The molecule has 14 heavy (non-hydrogen) atoms. The zero-order chi connectivity index (χ0) is 10.3. The summed E-state index contributed by atoms with van der Waals surface area (Å²) in [5.41, 5.74) is -1.66. The van der Waals surface area contributed by atoms with Gasteiger partial charge in [-0.2, -0.15) is 0 Å². The van der Waals surface area contributed by atoms with Crippen molar-refractivity contribution >= 4 is 15.9 Å². The fourth-order valence-corrected chi connectivity index (χ4v) is 1.82. The maximum atomic E-state index is 13.5. The minimum absolute atomic E-state index is 0.161. The maximum Gasteiger partial charge on any atom is 0.146 e. The third-order valence-electron chi connectivity index (χ3n) is 2.34. The molecule has 0 radical (unpaired) electrons. The SMILES string of the molecule is OC1(c2c(F)ccc(Br)c2F)CNC1. The molecule has 0 amide bonds. The van der Waals surface area contributed by atoms with Crippen molar-refractivity contribution in [1.82, 2.24) is 5.32 Å². The zero-order valence-corrected chi connectivity index (χ0v) is 8.74. The van der Waals surface area contributed by atoms with Crippen molar-refractivity contribution in [3.05, 3.63) is 33.8 Å². The van der Waals surface area contributed by atoms with E-state index in [2.05, 4.69) is 21.2 Å². The molecular weight excluding hydrogens is 256 g/mol. The topological polar surface area (TPSA) is 32.3 Å². The molecule has 2 nitrogen and oxygen atoms in total. The van der Waals surface area contributed by atoms with Gasteiger partial charge in [-0.05, 0) is 28.1 Å². The Labute approximate surface area is 88.1 Å². The van der Waals surface area contributed by atoms with Gasteiger partial charge in [-0.1, -0.05) is 0 Å². The molecule has 0 unspecified atom stereocenters. The summed E-state index contributed by atoms with van der Waals surface area (Å²) in [5, 5.41) is 12.6. The fourth-order valence-electron chi connectivity index (χ4n) is 1.49. The van der Waals surface area contributed by atoms with Crippen LogP contribution in [0.3, 0.4) is 0 Å². The minimum Gasteiger partial charge on any atom is -0.382 e. The molecule has 1 heterocycles. The van der Waals surface area contributed by atoms with E-state index in [1.165, 1.54) is 6.07 Å². The lowest BCUT2D eigenvalue weighted by molar-refractivity contribution is -0.0209. The Bertz CT molecular complexity index is 379. The maximum absolute atomic E-state index is 13.5. The van der Waals surface area contributed by atoms with Gasteiger partial charge in [0.05, 0.1) is 10.0 Å². The number of nitrogens with one attached hydrogen (secondary N) is 1.